The lowest BCUT2D eigenvalue weighted by atomic mass is 10.3. The smallest absolute Gasteiger partial charge is 0.225 e. The Labute approximate surface area is 140 Å². The van der Waals surface area contributed by atoms with E-state index in [1.54, 1.807) is 0 Å². The average Bonchev–Trinajstić information content (AvgIpc) is 2.48. The molecule has 0 unspecified atom stereocenters. The Morgan fingerprint density at radius 3 is 2.43 bits per heavy atom. The molecule has 6 heteroatoms. The Hall–Kier alpha value is -2.08. The molecule has 0 saturated heterocycles. The summed E-state index contributed by atoms with van der Waals surface area (Å²) in [7, 11) is 0. The summed E-state index contributed by atoms with van der Waals surface area (Å²) in [5.41, 5.74) is 2.66. The van der Waals surface area contributed by atoms with Crippen LogP contribution in [0.15, 0.2) is 35.5 Å². The molecule has 1 heterocycles. The zero-order valence-corrected chi connectivity index (χ0v) is 14.4. The van der Waals surface area contributed by atoms with Gasteiger partial charge in [0.2, 0.25) is 5.91 Å². The van der Waals surface area contributed by atoms with Crippen molar-refractivity contribution in [1.82, 2.24) is 9.97 Å². The van der Waals surface area contributed by atoms with Gasteiger partial charge in [0.25, 0.3) is 0 Å². The predicted octanol–water partition coefficient (Wildman–Crippen LogP) is 3.61. The number of aromatic nitrogens is 2. The standard InChI is InChI=1S/C17H21N3O2S/c1-4-22-15-7-5-14(6-8-15)20-16(21)9-10-23-17-18-12(2)11-13(3)19-17/h5-8,11H,4,9-10H2,1-3H3,(H,20,21). The van der Waals surface area contributed by atoms with E-state index in [0.29, 0.717) is 18.8 Å². The quantitative estimate of drug-likeness (QED) is 0.620. The van der Waals surface area contributed by atoms with E-state index < -0.39 is 0 Å². The molecule has 1 N–H and O–H groups in total. The number of anilines is 1. The second kappa shape index (κ2) is 8.53. The van der Waals surface area contributed by atoms with Crippen LogP contribution in [0.25, 0.3) is 0 Å². The van der Waals surface area contributed by atoms with Crippen LogP contribution in [-0.4, -0.2) is 28.2 Å². The van der Waals surface area contributed by atoms with Gasteiger partial charge < -0.3 is 10.1 Å². The van der Waals surface area contributed by atoms with Crippen molar-refractivity contribution in [2.24, 2.45) is 0 Å². The van der Waals surface area contributed by atoms with Gasteiger partial charge in [-0.2, -0.15) is 0 Å². The predicted molar refractivity (Wildman–Crippen MR) is 93.1 cm³/mol. The number of thioether (sulfide) groups is 1. The largest absolute Gasteiger partial charge is 0.494 e. The SMILES string of the molecule is CCOc1ccc(NC(=O)CCSc2nc(C)cc(C)n2)cc1. The third-order valence-electron chi connectivity index (χ3n) is 2.97. The zero-order chi connectivity index (χ0) is 16.7. The molecule has 1 aromatic heterocycles. The molecule has 2 aromatic rings. The number of rotatable bonds is 7. The van der Waals surface area contributed by atoms with Gasteiger partial charge in [-0.25, -0.2) is 9.97 Å². The van der Waals surface area contributed by atoms with Crippen molar-refractivity contribution in [3.05, 3.63) is 41.7 Å². The Bertz CT molecular complexity index is 639. The Kier molecular flexibility index (Phi) is 6.40. The molecular formula is C17H21N3O2S. The highest BCUT2D eigenvalue weighted by Gasteiger charge is 2.05. The number of benzene rings is 1. The van der Waals surface area contributed by atoms with Gasteiger partial charge in [-0.1, -0.05) is 11.8 Å². The highest BCUT2D eigenvalue weighted by atomic mass is 32.2. The Morgan fingerprint density at radius 2 is 1.83 bits per heavy atom. The van der Waals surface area contributed by atoms with Gasteiger partial charge >= 0.3 is 0 Å². The molecule has 1 aromatic carbocycles. The first-order valence-corrected chi connectivity index (χ1v) is 8.53. The molecule has 2 rings (SSSR count). The minimum atomic E-state index is -0.0222. The van der Waals surface area contributed by atoms with Crippen LogP contribution in [0.1, 0.15) is 24.7 Å². The van der Waals surface area contributed by atoms with Crippen LogP contribution < -0.4 is 10.1 Å². The summed E-state index contributed by atoms with van der Waals surface area (Å²) in [5, 5.41) is 3.59. The van der Waals surface area contributed by atoms with Crippen LogP contribution in [0.5, 0.6) is 5.75 Å². The summed E-state index contributed by atoms with van der Waals surface area (Å²) in [5.74, 6) is 1.42. The van der Waals surface area contributed by atoms with E-state index in [-0.39, 0.29) is 5.91 Å². The molecule has 0 aliphatic rings. The number of ether oxygens (including phenoxy) is 1. The van der Waals surface area contributed by atoms with E-state index in [1.165, 1.54) is 11.8 Å². The molecule has 1 amide bonds. The minimum absolute atomic E-state index is 0.0222. The average molecular weight is 331 g/mol. The molecule has 122 valence electrons. The lowest BCUT2D eigenvalue weighted by molar-refractivity contribution is -0.115. The monoisotopic (exact) mass is 331 g/mol. The first-order valence-electron chi connectivity index (χ1n) is 7.54. The maximum Gasteiger partial charge on any atom is 0.225 e. The topological polar surface area (TPSA) is 64.1 Å². The summed E-state index contributed by atoms with van der Waals surface area (Å²) in [4.78, 5) is 20.6. The number of nitrogens with zero attached hydrogens (tertiary/aromatic N) is 2. The normalized spacial score (nSPS) is 10.4. The van der Waals surface area contributed by atoms with E-state index in [1.807, 2.05) is 51.1 Å². The third kappa shape index (κ3) is 5.90. The minimum Gasteiger partial charge on any atom is -0.494 e. The van der Waals surface area contributed by atoms with E-state index in [4.69, 9.17) is 4.74 Å². The maximum atomic E-state index is 12.0. The molecule has 0 fully saturated rings. The second-order valence-electron chi connectivity index (χ2n) is 5.04. The van der Waals surface area contributed by atoms with Gasteiger partial charge in [0, 0.05) is 29.2 Å². The fourth-order valence-corrected chi connectivity index (χ4v) is 2.90. The van der Waals surface area contributed by atoms with Crippen molar-refractivity contribution in [3.63, 3.8) is 0 Å². The fraction of sp³-hybridized carbons (Fsp3) is 0.353. The van der Waals surface area contributed by atoms with Crippen LogP contribution in [0.2, 0.25) is 0 Å². The van der Waals surface area contributed by atoms with Crippen molar-refractivity contribution < 1.29 is 9.53 Å². The molecule has 0 bridgehead atoms. The first kappa shape index (κ1) is 17.3. The van der Waals surface area contributed by atoms with Crippen LogP contribution >= 0.6 is 11.8 Å². The van der Waals surface area contributed by atoms with Crippen molar-refractivity contribution in [2.75, 3.05) is 17.7 Å². The van der Waals surface area contributed by atoms with Gasteiger partial charge in [0.05, 0.1) is 6.61 Å². The molecule has 0 radical (unpaired) electrons. The van der Waals surface area contributed by atoms with Crippen LogP contribution in [-0.2, 0) is 4.79 Å². The summed E-state index contributed by atoms with van der Waals surface area (Å²) < 4.78 is 5.37. The number of carbonyl (C=O) groups is 1. The van der Waals surface area contributed by atoms with Crippen molar-refractivity contribution >= 4 is 23.4 Å². The summed E-state index contributed by atoms with van der Waals surface area (Å²) in [6.45, 7) is 6.45. The van der Waals surface area contributed by atoms with Crippen LogP contribution in [0.4, 0.5) is 5.69 Å². The first-order chi connectivity index (χ1) is 11.1. The lowest BCUT2D eigenvalue weighted by Gasteiger charge is -2.07. The number of hydrogen-bond acceptors (Lipinski definition) is 5. The number of carbonyl (C=O) groups excluding carboxylic acids is 1. The summed E-state index contributed by atoms with van der Waals surface area (Å²) in [6, 6.07) is 9.29. The zero-order valence-electron chi connectivity index (χ0n) is 13.6. The molecule has 0 spiro atoms. The second-order valence-corrected chi connectivity index (χ2v) is 6.10. The molecule has 0 aliphatic carbocycles. The third-order valence-corrected chi connectivity index (χ3v) is 3.82. The number of nitrogens with one attached hydrogen (secondary N) is 1. The summed E-state index contributed by atoms with van der Waals surface area (Å²) >= 11 is 1.49. The lowest BCUT2D eigenvalue weighted by Crippen LogP contribution is -2.12. The molecule has 5 nitrogen and oxygen atoms in total. The number of aryl methyl sites for hydroxylation is 2. The molecular weight excluding hydrogens is 310 g/mol. The highest BCUT2D eigenvalue weighted by Crippen LogP contribution is 2.17. The van der Waals surface area contributed by atoms with Crippen molar-refractivity contribution in [1.29, 1.82) is 0 Å². The van der Waals surface area contributed by atoms with Gasteiger partial charge in [-0.05, 0) is 51.1 Å². The van der Waals surface area contributed by atoms with Crippen molar-refractivity contribution in [3.8, 4) is 5.75 Å². The maximum absolute atomic E-state index is 12.0. The Balaban J connectivity index is 1.78. The van der Waals surface area contributed by atoms with E-state index in [0.717, 1.165) is 28.0 Å². The van der Waals surface area contributed by atoms with Gasteiger partial charge in [0.15, 0.2) is 5.16 Å². The van der Waals surface area contributed by atoms with Crippen LogP contribution in [0, 0.1) is 13.8 Å². The molecule has 23 heavy (non-hydrogen) atoms. The number of hydrogen-bond donors (Lipinski definition) is 1. The number of amides is 1. The van der Waals surface area contributed by atoms with Gasteiger partial charge in [-0.15, -0.1) is 0 Å². The van der Waals surface area contributed by atoms with Gasteiger partial charge in [-0.3, -0.25) is 4.79 Å². The summed E-state index contributed by atoms with van der Waals surface area (Å²) in [6.07, 6.45) is 0.411. The van der Waals surface area contributed by atoms with E-state index >= 15 is 0 Å². The van der Waals surface area contributed by atoms with Crippen LogP contribution in [0.3, 0.4) is 0 Å². The molecule has 0 aliphatic heterocycles. The van der Waals surface area contributed by atoms with E-state index in [2.05, 4.69) is 15.3 Å². The molecule has 0 atom stereocenters. The molecule has 0 saturated carbocycles. The fourth-order valence-electron chi connectivity index (χ4n) is 2.02. The Morgan fingerprint density at radius 1 is 1.17 bits per heavy atom. The highest BCUT2D eigenvalue weighted by molar-refractivity contribution is 7.99. The van der Waals surface area contributed by atoms with Gasteiger partial charge in [0.1, 0.15) is 5.75 Å². The van der Waals surface area contributed by atoms with Crippen molar-refractivity contribution in [2.45, 2.75) is 32.3 Å². The van der Waals surface area contributed by atoms with E-state index in [9.17, 15) is 4.79 Å².